The fraction of sp³-hybridized carbons (Fsp3) is 0.286. The molecule has 1 aliphatic rings. The molecule has 0 spiro atoms. The van der Waals surface area contributed by atoms with Gasteiger partial charge in [-0.15, -0.1) is 0 Å². The largest absolute Gasteiger partial charge is 0.493 e. The molecular formula is C14H14N2O4. The Labute approximate surface area is 115 Å². The van der Waals surface area contributed by atoms with Crippen LogP contribution in [0.2, 0.25) is 0 Å². The molecule has 0 aliphatic carbocycles. The van der Waals surface area contributed by atoms with Gasteiger partial charge in [0.05, 0.1) is 18.7 Å². The molecule has 2 aromatic rings. The number of nitrogens with zero attached hydrogens (tertiary/aromatic N) is 1. The minimum atomic E-state index is -0.535. The van der Waals surface area contributed by atoms with E-state index < -0.39 is 4.92 Å². The van der Waals surface area contributed by atoms with Crippen molar-refractivity contribution >= 4 is 5.88 Å². The van der Waals surface area contributed by atoms with Gasteiger partial charge in [0.25, 0.3) is 0 Å². The van der Waals surface area contributed by atoms with Gasteiger partial charge in [-0.2, -0.15) is 0 Å². The SMILES string of the molecule is CNC(c1ccc2c(c1)CCO2)c1ccc([N+](=O)[O-])o1. The lowest BCUT2D eigenvalue weighted by atomic mass is 10.0. The molecule has 0 bridgehead atoms. The van der Waals surface area contributed by atoms with E-state index in [4.69, 9.17) is 9.15 Å². The van der Waals surface area contributed by atoms with Crippen LogP contribution >= 0.6 is 0 Å². The first-order chi connectivity index (χ1) is 9.69. The van der Waals surface area contributed by atoms with Crippen LogP contribution in [0.25, 0.3) is 0 Å². The molecule has 0 amide bonds. The number of fused-ring (bicyclic) bond motifs is 1. The van der Waals surface area contributed by atoms with E-state index in [-0.39, 0.29) is 11.9 Å². The van der Waals surface area contributed by atoms with E-state index in [0.29, 0.717) is 12.4 Å². The number of hydrogen-bond donors (Lipinski definition) is 1. The van der Waals surface area contributed by atoms with Gasteiger partial charge in [0.2, 0.25) is 0 Å². The Bertz CT molecular complexity index is 650. The molecule has 2 heterocycles. The van der Waals surface area contributed by atoms with Crippen molar-refractivity contribution in [1.29, 1.82) is 0 Å². The second-order valence-corrected chi connectivity index (χ2v) is 4.62. The summed E-state index contributed by atoms with van der Waals surface area (Å²) < 4.78 is 10.8. The first kappa shape index (κ1) is 12.7. The zero-order valence-electron chi connectivity index (χ0n) is 11.0. The summed E-state index contributed by atoms with van der Waals surface area (Å²) in [5.74, 6) is 1.19. The summed E-state index contributed by atoms with van der Waals surface area (Å²) in [6.07, 6.45) is 0.887. The van der Waals surface area contributed by atoms with E-state index in [1.165, 1.54) is 6.07 Å². The minimum Gasteiger partial charge on any atom is -0.493 e. The van der Waals surface area contributed by atoms with Gasteiger partial charge in [-0.1, -0.05) is 6.07 Å². The van der Waals surface area contributed by atoms with E-state index in [1.54, 1.807) is 13.1 Å². The maximum atomic E-state index is 10.7. The lowest BCUT2D eigenvalue weighted by molar-refractivity contribution is -0.402. The quantitative estimate of drug-likeness (QED) is 0.684. The highest BCUT2D eigenvalue weighted by Gasteiger charge is 2.22. The topological polar surface area (TPSA) is 77.5 Å². The third kappa shape index (κ3) is 2.14. The first-order valence-corrected chi connectivity index (χ1v) is 6.36. The lowest BCUT2D eigenvalue weighted by Crippen LogP contribution is -2.17. The average Bonchev–Trinajstić information content (AvgIpc) is 3.07. The van der Waals surface area contributed by atoms with Gasteiger partial charge in [0, 0.05) is 6.42 Å². The van der Waals surface area contributed by atoms with Crippen molar-refractivity contribution in [2.24, 2.45) is 0 Å². The molecule has 1 aromatic carbocycles. The number of furan rings is 1. The van der Waals surface area contributed by atoms with Gasteiger partial charge in [0.15, 0.2) is 0 Å². The Morgan fingerprint density at radius 1 is 1.35 bits per heavy atom. The zero-order chi connectivity index (χ0) is 14.1. The molecule has 20 heavy (non-hydrogen) atoms. The molecule has 6 nitrogen and oxygen atoms in total. The summed E-state index contributed by atoms with van der Waals surface area (Å²) in [6, 6.07) is 8.71. The Balaban J connectivity index is 1.94. The van der Waals surface area contributed by atoms with E-state index in [1.807, 2.05) is 12.1 Å². The Kier molecular flexibility index (Phi) is 3.15. The monoisotopic (exact) mass is 274 g/mol. The van der Waals surface area contributed by atoms with Crippen LogP contribution in [0.3, 0.4) is 0 Å². The molecule has 1 N–H and O–H groups in total. The number of benzene rings is 1. The molecule has 0 fully saturated rings. The highest BCUT2D eigenvalue weighted by molar-refractivity contribution is 5.42. The Morgan fingerprint density at radius 2 is 2.20 bits per heavy atom. The van der Waals surface area contributed by atoms with Crippen LogP contribution < -0.4 is 10.1 Å². The predicted molar refractivity (Wildman–Crippen MR) is 71.9 cm³/mol. The first-order valence-electron chi connectivity index (χ1n) is 6.36. The molecule has 1 atom stereocenters. The summed E-state index contributed by atoms with van der Waals surface area (Å²) in [4.78, 5) is 10.2. The van der Waals surface area contributed by atoms with Crippen molar-refractivity contribution in [3.8, 4) is 5.75 Å². The van der Waals surface area contributed by atoms with Crippen molar-refractivity contribution in [2.45, 2.75) is 12.5 Å². The maximum Gasteiger partial charge on any atom is 0.433 e. The third-order valence-electron chi connectivity index (χ3n) is 3.41. The van der Waals surface area contributed by atoms with Gasteiger partial charge in [-0.25, -0.2) is 0 Å². The summed E-state index contributed by atoms with van der Waals surface area (Å²) in [6.45, 7) is 0.704. The molecule has 1 unspecified atom stereocenters. The molecular weight excluding hydrogens is 260 g/mol. The molecule has 6 heteroatoms. The Morgan fingerprint density at radius 3 is 2.90 bits per heavy atom. The smallest absolute Gasteiger partial charge is 0.433 e. The minimum absolute atomic E-state index is 0.213. The second-order valence-electron chi connectivity index (χ2n) is 4.62. The molecule has 0 saturated heterocycles. The maximum absolute atomic E-state index is 10.7. The fourth-order valence-corrected chi connectivity index (χ4v) is 2.45. The van der Waals surface area contributed by atoms with Crippen LogP contribution in [0.1, 0.15) is 22.9 Å². The molecule has 0 radical (unpaired) electrons. The van der Waals surface area contributed by atoms with Gasteiger partial charge < -0.3 is 14.5 Å². The standard InChI is InChI=1S/C14H14N2O4/c1-15-14(12-4-5-13(20-12)16(17)18)10-2-3-11-9(8-10)6-7-19-11/h2-5,8,14-15H,6-7H2,1H3. The van der Waals surface area contributed by atoms with Crippen LogP contribution in [0.15, 0.2) is 34.7 Å². The predicted octanol–water partition coefficient (Wildman–Crippen LogP) is 2.43. The van der Waals surface area contributed by atoms with Crippen molar-refractivity contribution in [2.75, 3.05) is 13.7 Å². The summed E-state index contributed by atoms with van der Waals surface area (Å²) in [5, 5.41) is 13.8. The molecule has 3 rings (SSSR count). The third-order valence-corrected chi connectivity index (χ3v) is 3.41. The van der Waals surface area contributed by atoms with Crippen LogP contribution in [0.5, 0.6) is 5.75 Å². The Hall–Kier alpha value is -2.34. The molecule has 1 aromatic heterocycles. The number of rotatable bonds is 4. The van der Waals surface area contributed by atoms with Crippen molar-refractivity contribution < 1.29 is 14.1 Å². The summed E-state index contributed by atoms with van der Waals surface area (Å²) in [7, 11) is 1.79. The van der Waals surface area contributed by atoms with Crippen molar-refractivity contribution in [3.05, 3.63) is 57.3 Å². The van der Waals surface area contributed by atoms with Gasteiger partial charge >= 0.3 is 5.88 Å². The fourth-order valence-electron chi connectivity index (χ4n) is 2.45. The van der Waals surface area contributed by atoms with E-state index in [9.17, 15) is 10.1 Å². The van der Waals surface area contributed by atoms with Crippen molar-refractivity contribution in [1.82, 2.24) is 5.32 Å². The van der Waals surface area contributed by atoms with Crippen molar-refractivity contribution in [3.63, 3.8) is 0 Å². The van der Waals surface area contributed by atoms with Crippen LogP contribution in [0, 0.1) is 10.1 Å². The number of hydrogen-bond acceptors (Lipinski definition) is 5. The molecule has 104 valence electrons. The summed E-state index contributed by atoms with van der Waals surface area (Å²) >= 11 is 0. The van der Waals surface area contributed by atoms with E-state index in [0.717, 1.165) is 23.3 Å². The molecule has 1 aliphatic heterocycles. The van der Waals surface area contributed by atoms with E-state index >= 15 is 0 Å². The van der Waals surface area contributed by atoms with E-state index in [2.05, 4.69) is 11.4 Å². The normalized spacial score (nSPS) is 14.7. The highest BCUT2D eigenvalue weighted by Crippen LogP contribution is 2.32. The second kappa shape index (κ2) is 4.97. The van der Waals surface area contributed by atoms with Gasteiger partial charge in [0.1, 0.15) is 16.4 Å². The average molecular weight is 274 g/mol. The summed E-state index contributed by atoms with van der Waals surface area (Å²) in [5.41, 5.74) is 2.16. The number of ether oxygens (including phenoxy) is 1. The number of nitrogens with one attached hydrogen (secondary N) is 1. The van der Waals surface area contributed by atoms with Gasteiger partial charge in [-0.05, 0) is 36.4 Å². The lowest BCUT2D eigenvalue weighted by Gasteiger charge is -2.14. The van der Waals surface area contributed by atoms with Crippen LogP contribution in [-0.2, 0) is 6.42 Å². The molecule has 0 saturated carbocycles. The van der Waals surface area contributed by atoms with Gasteiger partial charge in [-0.3, -0.25) is 10.1 Å². The zero-order valence-corrected chi connectivity index (χ0v) is 11.0. The highest BCUT2D eigenvalue weighted by atomic mass is 16.6. The number of nitro groups is 1. The van der Waals surface area contributed by atoms with Crippen LogP contribution in [0.4, 0.5) is 5.88 Å². The van der Waals surface area contributed by atoms with Crippen LogP contribution in [-0.4, -0.2) is 18.6 Å².